The molecule has 0 amide bonds. The molecule has 0 radical (unpaired) electrons. The van der Waals surface area contributed by atoms with Gasteiger partial charge < -0.3 is 4.90 Å². The van der Waals surface area contributed by atoms with Crippen molar-refractivity contribution in [1.82, 2.24) is 4.90 Å². The van der Waals surface area contributed by atoms with Gasteiger partial charge in [0.2, 0.25) is 0 Å². The van der Waals surface area contributed by atoms with Gasteiger partial charge in [0.1, 0.15) is 0 Å². The van der Waals surface area contributed by atoms with Gasteiger partial charge in [0.15, 0.2) is 0 Å². The third-order valence-corrected chi connectivity index (χ3v) is 4.96. The first-order valence-electron chi connectivity index (χ1n) is 8.66. The van der Waals surface area contributed by atoms with Crippen LogP contribution in [-0.4, -0.2) is 36.0 Å². The second-order valence-electron chi connectivity index (χ2n) is 6.60. The second kappa shape index (κ2) is 7.56. The molecule has 1 saturated heterocycles. The quantitative estimate of drug-likeness (QED) is 0.580. The topological polar surface area (TPSA) is 49.6 Å². The van der Waals surface area contributed by atoms with Gasteiger partial charge in [-0.3, -0.25) is 15.0 Å². The first kappa shape index (κ1) is 19.2. The van der Waals surface area contributed by atoms with E-state index in [1.54, 1.807) is 18.2 Å². The predicted molar refractivity (Wildman–Crippen MR) is 96.7 cm³/mol. The van der Waals surface area contributed by atoms with E-state index in [2.05, 4.69) is 4.90 Å². The molecule has 0 aromatic heterocycles. The number of piperazine rings is 1. The molecule has 0 bridgehead atoms. The molecule has 1 unspecified atom stereocenters. The maximum Gasteiger partial charge on any atom is 0.416 e. The van der Waals surface area contributed by atoms with Crippen LogP contribution in [0.3, 0.4) is 0 Å². The summed E-state index contributed by atoms with van der Waals surface area (Å²) in [6.07, 6.45) is -4.35. The van der Waals surface area contributed by atoms with Crippen LogP contribution in [0.1, 0.15) is 24.1 Å². The van der Waals surface area contributed by atoms with Crippen molar-refractivity contribution in [2.75, 3.05) is 31.1 Å². The number of alkyl halides is 3. The molecule has 2 aromatic rings. The van der Waals surface area contributed by atoms with Crippen molar-refractivity contribution in [3.63, 3.8) is 0 Å². The van der Waals surface area contributed by atoms with Crippen molar-refractivity contribution < 1.29 is 18.1 Å². The van der Waals surface area contributed by atoms with Crippen LogP contribution in [0.2, 0.25) is 0 Å². The lowest BCUT2D eigenvalue weighted by Crippen LogP contribution is -2.47. The minimum atomic E-state index is -4.35. The van der Waals surface area contributed by atoms with Crippen molar-refractivity contribution in [2.45, 2.75) is 19.1 Å². The van der Waals surface area contributed by atoms with E-state index in [0.717, 1.165) is 11.6 Å². The zero-order valence-corrected chi connectivity index (χ0v) is 14.8. The summed E-state index contributed by atoms with van der Waals surface area (Å²) in [5, 5.41) is 11.0. The van der Waals surface area contributed by atoms with Crippen molar-refractivity contribution in [3.8, 4) is 0 Å². The molecule has 0 saturated carbocycles. The Morgan fingerprint density at radius 1 is 1.04 bits per heavy atom. The third-order valence-electron chi connectivity index (χ3n) is 4.96. The second-order valence-corrected chi connectivity index (χ2v) is 6.60. The standard InChI is InChI=1S/C19H20F3N3O2/c1-14(15-4-2-7-18(12-15)25(26)27)23-8-10-24(11-9-23)17-6-3-5-16(13-17)19(20,21)22/h2-7,12-14H,8-11H2,1H3. The molecule has 0 spiro atoms. The molecule has 1 aliphatic heterocycles. The van der Waals surface area contributed by atoms with Crippen LogP contribution in [0.4, 0.5) is 24.5 Å². The lowest BCUT2D eigenvalue weighted by atomic mass is 10.0. The van der Waals surface area contributed by atoms with Crippen molar-refractivity contribution in [1.29, 1.82) is 0 Å². The summed E-state index contributed by atoms with van der Waals surface area (Å²) in [4.78, 5) is 14.7. The Bertz CT molecular complexity index is 818. The Kier molecular flexibility index (Phi) is 5.36. The average molecular weight is 379 g/mol. The van der Waals surface area contributed by atoms with Gasteiger partial charge in [-0.2, -0.15) is 13.2 Å². The zero-order valence-electron chi connectivity index (χ0n) is 14.8. The molecule has 1 fully saturated rings. The van der Waals surface area contributed by atoms with Crippen LogP contribution < -0.4 is 4.90 Å². The molecule has 1 aliphatic rings. The summed E-state index contributed by atoms with van der Waals surface area (Å²) in [5.41, 5.74) is 0.832. The van der Waals surface area contributed by atoms with Gasteiger partial charge in [0, 0.05) is 50.0 Å². The first-order chi connectivity index (χ1) is 12.8. The molecular weight excluding hydrogens is 359 g/mol. The first-order valence-corrected chi connectivity index (χ1v) is 8.66. The zero-order chi connectivity index (χ0) is 19.6. The van der Waals surface area contributed by atoms with E-state index in [0.29, 0.717) is 31.9 Å². The Hall–Kier alpha value is -2.61. The smallest absolute Gasteiger partial charge is 0.369 e. The van der Waals surface area contributed by atoms with E-state index < -0.39 is 16.7 Å². The molecule has 0 aliphatic carbocycles. The number of nitro benzene ring substituents is 1. The van der Waals surface area contributed by atoms with Crippen LogP contribution in [0.15, 0.2) is 48.5 Å². The van der Waals surface area contributed by atoms with Gasteiger partial charge >= 0.3 is 6.18 Å². The molecule has 3 rings (SSSR count). The average Bonchev–Trinajstić information content (AvgIpc) is 2.67. The van der Waals surface area contributed by atoms with Crippen LogP contribution in [-0.2, 0) is 6.18 Å². The van der Waals surface area contributed by atoms with E-state index >= 15 is 0 Å². The summed E-state index contributed by atoms with van der Waals surface area (Å²) in [5.74, 6) is 0. The van der Waals surface area contributed by atoms with Crippen LogP contribution >= 0.6 is 0 Å². The lowest BCUT2D eigenvalue weighted by Gasteiger charge is -2.39. The van der Waals surface area contributed by atoms with Crippen LogP contribution in [0.25, 0.3) is 0 Å². The van der Waals surface area contributed by atoms with Crippen LogP contribution in [0, 0.1) is 10.1 Å². The van der Waals surface area contributed by atoms with Crippen molar-refractivity contribution in [2.24, 2.45) is 0 Å². The molecule has 0 N–H and O–H groups in total. The summed E-state index contributed by atoms with van der Waals surface area (Å²) in [7, 11) is 0. The predicted octanol–water partition coefficient (Wildman–Crippen LogP) is 4.50. The number of non-ortho nitro benzene ring substituents is 1. The summed E-state index contributed by atoms with van der Waals surface area (Å²) in [6.45, 7) is 4.51. The molecule has 1 heterocycles. The number of anilines is 1. The highest BCUT2D eigenvalue weighted by atomic mass is 19.4. The number of benzene rings is 2. The fourth-order valence-corrected chi connectivity index (χ4v) is 3.36. The number of hydrogen-bond donors (Lipinski definition) is 0. The molecule has 5 nitrogen and oxygen atoms in total. The molecule has 8 heteroatoms. The van der Waals surface area contributed by atoms with Gasteiger partial charge in [0.25, 0.3) is 5.69 Å². The third kappa shape index (κ3) is 4.39. The van der Waals surface area contributed by atoms with E-state index in [9.17, 15) is 23.3 Å². The monoisotopic (exact) mass is 379 g/mol. The van der Waals surface area contributed by atoms with Gasteiger partial charge in [-0.1, -0.05) is 18.2 Å². The van der Waals surface area contributed by atoms with Gasteiger partial charge in [-0.15, -0.1) is 0 Å². The number of nitrogens with zero attached hydrogens (tertiary/aromatic N) is 3. The Morgan fingerprint density at radius 2 is 1.70 bits per heavy atom. The highest BCUT2D eigenvalue weighted by Crippen LogP contribution is 2.32. The summed E-state index contributed by atoms with van der Waals surface area (Å²) < 4.78 is 38.7. The highest BCUT2D eigenvalue weighted by molar-refractivity contribution is 5.49. The lowest BCUT2D eigenvalue weighted by molar-refractivity contribution is -0.385. The van der Waals surface area contributed by atoms with Gasteiger partial charge in [-0.25, -0.2) is 0 Å². The molecule has 27 heavy (non-hydrogen) atoms. The SMILES string of the molecule is CC(c1cccc([N+](=O)[O-])c1)N1CCN(c2cccc(C(F)(F)F)c2)CC1. The molecule has 1 atom stereocenters. The van der Waals surface area contributed by atoms with Crippen molar-refractivity contribution in [3.05, 3.63) is 69.8 Å². The normalized spacial score (nSPS) is 17.0. The van der Waals surface area contributed by atoms with Crippen molar-refractivity contribution >= 4 is 11.4 Å². The van der Waals surface area contributed by atoms with Gasteiger partial charge in [0.05, 0.1) is 10.5 Å². The summed E-state index contributed by atoms with van der Waals surface area (Å²) in [6, 6.07) is 11.9. The molecule has 2 aromatic carbocycles. The number of nitro groups is 1. The maximum absolute atomic E-state index is 12.9. The minimum Gasteiger partial charge on any atom is -0.369 e. The Labute approximate surface area is 155 Å². The van der Waals surface area contributed by atoms with E-state index in [4.69, 9.17) is 0 Å². The van der Waals surface area contributed by atoms with E-state index in [1.807, 2.05) is 17.9 Å². The number of rotatable bonds is 4. The van der Waals surface area contributed by atoms with E-state index in [1.165, 1.54) is 18.2 Å². The van der Waals surface area contributed by atoms with E-state index in [-0.39, 0.29) is 11.7 Å². The largest absolute Gasteiger partial charge is 0.416 e. The Balaban J connectivity index is 1.67. The molecular formula is C19H20F3N3O2. The fraction of sp³-hybridized carbons (Fsp3) is 0.368. The maximum atomic E-state index is 12.9. The fourth-order valence-electron chi connectivity index (χ4n) is 3.36. The number of halogens is 3. The minimum absolute atomic E-state index is 0.00596. The summed E-state index contributed by atoms with van der Waals surface area (Å²) >= 11 is 0. The number of hydrogen-bond acceptors (Lipinski definition) is 4. The van der Waals surface area contributed by atoms with Crippen LogP contribution in [0.5, 0.6) is 0 Å². The van der Waals surface area contributed by atoms with Gasteiger partial charge in [-0.05, 0) is 30.7 Å². The highest BCUT2D eigenvalue weighted by Gasteiger charge is 2.31. The molecule has 144 valence electrons. The Morgan fingerprint density at radius 3 is 2.33 bits per heavy atom.